The van der Waals surface area contributed by atoms with Gasteiger partial charge in [0.25, 0.3) is 0 Å². The van der Waals surface area contributed by atoms with Crippen molar-refractivity contribution in [1.82, 2.24) is 10.6 Å². The normalized spacial score (nSPS) is 23.4. The highest BCUT2D eigenvalue weighted by atomic mass is 32.2. The van der Waals surface area contributed by atoms with E-state index in [1.165, 1.54) is 11.8 Å². The number of amidine groups is 1. The maximum absolute atomic E-state index is 12.1. The summed E-state index contributed by atoms with van der Waals surface area (Å²) in [6.45, 7) is 1.88. The van der Waals surface area contributed by atoms with Gasteiger partial charge in [0.2, 0.25) is 11.8 Å². The summed E-state index contributed by atoms with van der Waals surface area (Å²) in [5, 5.41) is 5.80. The highest BCUT2D eigenvalue weighted by molar-refractivity contribution is 8.15. The maximum Gasteiger partial charge on any atom is 0.240 e. The molecule has 0 unspecified atom stereocenters. The molecule has 2 amide bonds. The van der Waals surface area contributed by atoms with E-state index in [0.29, 0.717) is 18.3 Å². The number of ether oxygens (including phenoxy) is 2. The van der Waals surface area contributed by atoms with Gasteiger partial charge in [-0.1, -0.05) is 23.9 Å². The topological polar surface area (TPSA) is 89.0 Å². The molecule has 2 heterocycles. The molecule has 0 aliphatic carbocycles. The zero-order valence-corrected chi connectivity index (χ0v) is 16.2. The lowest BCUT2D eigenvalue weighted by Crippen LogP contribution is -2.32. The summed E-state index contributed by atoms with van der Waals surface area (Å²) in [6.07, 6.45) is 3.10. The second kappa shape index (κ2) is 9.75. The van der Waals surface area contributed by atoms with Gasteiger partial charge in [-0.2, -0.15) is 0 Å². The van der Waals surface area contributed by atoms with Gasteiger partial charge in [-0.3, -0.25) is 14.6 Å². The number of carbonyl (C=O) groups excluding carboxylic acids is 2. The van der Waals surface area contributed by atoms with Crippen LogP contribution in [0.25, 0.3) is 0 Å². The number of methoxy groups -OCH3 is 1. The van der Waals surface area contributed by atoms with Gasteiger partial charge < -0.3 is 20.1 Å². The molecule has 2 aliphatic rings. The van der Waals surface area contributed by atoms with Gasteiger partial charge >= 0.3 is 0 Å². The SMILES string of the molecule is COc1ccc(CCNC(=O)C[C@H]2SC(=NC[C@H]3CCCO3)NC2=O)cc1. The molecule has 2 fully saturated rings. The Hall–Kier alpha value is -2.06. The Bertz CT molecular complexity index is 687. The number of carbonyl (C=O) groups is 2. The summed E-state index contributed by atoms with van der Waals surface area (Å²) in [5.74, 6) is 0.525. The summed E-state index contributed by atoms with van der Waals surface area (Å²) in [5.41, 5.74) is 1.12. The largest absolute Gasteiger partial charge is 0.497 e. The van der Waals surface area contributed by atoms with Crippen molar-refractivity contribution in [3.63, 3.8) is 0 Å². The molecule has 0 bridgehead atoms. The van der Waals surface area contributed by atoms with E-state index in [-0.39, 0.29) is 24.3 Å². The van der Waals surface area contributed by atoms with Crippen LogP contribution in [0.3, 0.4) is 0 Å². The standard InChI is InChI=1S/C19H25N3O4S/c1-25-14-6-4-13(5-7-14)8-9-20-17(23)11-16-18(24)22-19(27-16)21-12-15-3-2-10-26-15/h4-7,15-16H,2-3,8-12H2,1H3,(H,20,23)(H,21,22,24)/t15-,16-/m1/s1. The van der Waals surface area contributed by atoms with Gasteiger partial charge in [0, 0.05) is 19.6 Å². The van der Waals surface area contributed by atoms with Crippen LogP contribution in [-0.2, 0) is 20.7 Å². The molecule has 2 atom stereocenters. The zero-order valence-electron chi connectivity index (χ0n) is 15.4. The Labute approximate surface area is 163 Å². The summed E-state index contributed by atoms with van der Waals surface area (Å²) in [4.78, 5) is 28.6. The van der Waals surface area contributed by atoms with Gasteiger partial charge in [0.05, 0.1) is 19.8 Å². The van der Waals surface area contributed by atoms with Crippen molar-refractivity contribution in [2.75, 3.05) is 26.8 Å². The predicted octanol–water partition coefficient (Wildman–Crippen LogP) is 1.51. The molecule has 1 aromatic rings. The Morgan fingerprint density at radius 1 is 1.41 bits per heavy atom. The van der Waals surface area contributed by atoms with E-state index in [1.54, 1.807) is 7.11 Å². The average molecular weight is 391 g/mol. The first kappa shape index (κ1) is 19.7. The molecule has 0 radical (unpaired) electrons. The Kier molecular flexibility index (Phi) is 7.11. The van der Waals surface area contributed by atoms with Crippen LogP contribution in [0.2, 0.25) is 0 Å². The lowest BCUT2D eigenvalue weighted by atomic mass is 10.1. The van der Waals surface area contributed by atoms with Gasteiger partial charge in [0.15, 0.2) is 5.17 Å². The molecule has 0 aromatic heterocycles. The van der Waals surface area contributed by atoms with Gasteiger partial charge in [-0.05, 0) is 37.0 Å². The molecule has 0 spiro atoms. The van der Waals surface area contributed by atoms with Crippen LogP contribution in [0.15, 0.2) is 29.3 Å². The molecule has 1 aromatic carbocycles. The first-order valence-electron chi connectivity index (χ1n) is 9.17. The molecule has 146 valence electrons. The van der Waals surface area contributed by atoms with Crippen LogP contribution in [0.4, 0.5) is 0 Å². The number of hydrogen-bond donors (Lipinski definition) is 2. The molecule has 3 rings (SSSR count). The Morgan fingerprint density at radius 2 is 2.22 bits per heavy atom. The molecule has 2 aliphatic heterocycles. The van der Waals surface area contributed by atoms with Crippen molar-refractivity contribution in [3.05, 3.63) is 29.8 Å². The molecule has 0 saturated carbocycles. The highest BCUT2D eigenvalue weighted by Gasteiger charge is 2.32. The highest BCUT2D eigenvalue weighted by Crippen LogP contribution is 2.23. The Balaban J connectivity index is 1.38. The quantitative estimate of drug-likeness (QED) is 0.701. The van der Waals surface area contributed by atoms with Crippen molar-refractivity contribution in [1.29, 1.82) is 0 Å². The van der Waals surface area contributed by atoms with E-state index in [2.05, 4.69) is 15.6 Å². The number of hydrogen-bond acceptors (Lipinski definition) is 6. The molecule has 2 N–H and O–H groups in total. The second-order valence-electron chi connectivity index (χ2n) is 6.53. The summed E-state index contributed by atoms with van der Waals surface area (Å²) >= 11 is 1.32. The fourth-order valence-electron chi connectivity index (χ4n) is 2.97. The monoisotopic (exact) mass is 391 g/mol. The van der Waals surface area contributed by atoms with E-state index in [4.69, 9.17) is 9.47 Å². The van der Waals surface area contributed by atoms with Crippen LogP contribution < -0.4 is 15.4 Å². The molecule has 27 heavy (non-hydrogen) atoms. The van der Waals surface area contributed by atoms with Crippen molar-refractivity contribution in [3.8, 4) is 5.75 Å². The molecular weight excluding hydrogens is 366 g/mol. The van der Waals surface area contributed by atoms with Gasteiger partial charge in [-0.25, -0.2) is 0 Å². The number of thioether (sulfide) groups is 1. The minimum atomic E-state index is -0.422. The van der Waals surface area contributed by atoms with E-state index in [1.807, 2.05) is 24.3 Å². The van der Waals surface area contributed by atoms with Crippen molar-refractivity contribution in [2.45, 2.75) is 37.0 Å². The van der Waals surface area contributed by atoms with Crippen LogP contribution in [0.5, 0.6) is 5.75 Å². The van der Waals surface area contributed by atoms with E-state index in [9.17, 15) is 9.59 Å². The van der Waals surface area contributed by atoms with E-state index < -0.39 is 5.25 Å². The average Bonchev–Trinajstić information content (AvgIpc) is 3.31. The van der Waals surface area contributed by atoms with Gasteiger partial charge in [0.1, 0.15) is 11.0 Å². The van der Waals surface area contributed by atoms with Crippen LogP contribution in [-0.4, -0.2) is 55.1 Å². The Morgan fingerprint density at radius 3 is 2.93 bits per heavy atom. The number of nitrogens with one attached hydrogen (secondary N) is 2. The number of nitrogens with zero attached hydrogens (tertiary/aromatic N) is 1. The third-order valence-corrected chi connectivity index (χ3v) is 5.62. The van der Waals surface area contributed by atoms with Crippen molar-refractivity contribution < 1.29 is 19.1 Å². The summed E-state index contributed by atoms with van der Waals surface area (Å²) in [7, 11) is 1.63. The fraction of sp³-hybridized carbons (Fsp3) is 0.526. The van der Waals surface area contributed by atoms with Crippen LogP contribution in [0.1, 0.15) is 24.8 Å². The number of benzene rings is 1. The summed E-state index contributed by atoms with van der Waals surface area (Å²) in [6, 6.07) is 7.74. The number of amides is 2. The minimum absolute atomic E-state index is 0.128. The fourth-order valence-corrected chi connectivity index (χ4v) is 3.95. The zero-order chi connectivity index (χ0) is 19.1. The third-order valence-electron chi connectivity index (χ3n) is 4.50. The first-order chi connectivity index (χ1) is 13.1. The lowest BCUT2D eigenvalue weighted by Gasteiger charge is -2.08. The number of aliphatic imine (C=N–C) groups is 1. The summed E-state index contributed by atoms with van der Waals surface area (Å²) < 4.78 is 10.6. The second-order valence-corrected chi connectivity index (χ2v) is 7.72. The first-order valence-corrected chi connectivity index (χ1v) is 10.0. The van der Waals surface area contributed by atoms with Crippen molar-refractivity contribution >= 4 is 28.7 Å². The van der Waals surface area contributed by atoms with Gasteiger partial charge in [-0.15, -0.1) is 0 Å². The van der Waals surface area contributed by atoms with Crippen molar-refractivity contribution in [2.24, 2.45) is 4.99 Å². The van der Waals surface area contributed by atoms with E-state index in [0.717, 1.165) is 37.2 Å². The molecular formula is C19H25N3O4S. The minimum Gasteiger partial charge on any atom is -0.497 e. The van der Waals surface area contributed by atoms with Crippen LogP contribution in [0, 0.1) is 0 Å². The smallest absolute Gasteiger partial charge is 0.240 e. The molecule has 2 saturated heterocycles. The lowest BCUT2D eigenvalue weighted by molar-refractivity contribution is -0.125. The third kappa shape index (κ3) is 5.97. The molecule has 7 nitrogen and oxygen atoms in total. The van der Waals surface area contributed by atoms with Crippen LogP contribution >= 0.6 is 11.8 Å². The molecule has 8 heteroatoms. The maximum atomic E-state index is 12.1. The predicted molar refractivity (Wildman–Crippen MR) is 105 cm³/mol. The number of rotatable bonds is 8. The van der Waals surface area contributed by atoms with E-state index >= 15 is 0 Å².